The molecule has 5 nitrogen and oxygen atoms in total. The zero-order valence-corrected chi connectivity index (χ0v) is 18.9. The van der Waals surface area contributed by atoms with Crippen LogP contribution in [0, 0.1) is 0 Å². The molecule has 0 atom stereocenters. The SMILES string of the molecule is CCCCCCS(=O)(=O)c1cccc(-c2cn(CC)cc(-c3ccc(O)cc3)c2=O)c1. The lowest BCUT2D eigenvalue weighted by atomic mass is 10.0. The summed E-state index contributed by atoms with van der Waals surface area (Å²) in [6, 6.07) is 13.2. The summed E-state index contributed by atoms with van der Waals surface area (Å²) in [5, 5.41) is 9.56. The molecular formula is C25H29NO4S. The van der Waals surface area contributed by atoms with Crippen molar-refractivity contribution in [1.82, 2.24) is 4.57 Å². The normalized spacial score (nSPS) is 11.5. The highest BCUT2D eigenvalue weighted by atomic mass is 32.2. The first-order chi connectivity index (χ1) is 14.9. The molecule has 6 heteroatoms. The van der Waals surface area contributed by atoms with Crippen molar-refractivity contribution in [2.24, 2.45) is 0 Å². The molecule has 0 saturated heterocycles. The minimum atomic E-state index is -3.40. The highest BCUT2D eigenvalue weighted by Gasteiger charge is 2.17. The molecule has 0 spiro atoms. The summed E-state index contributed by atoms with van der Waals surface area (Å²) < 4.78 is 27.5. The van der Waals surface area contributed by atoms with Gasteiger partial charge in [-0.25, -0.2) is 8.42 Å². The fourth-order valence-electron chi connectivity index (χ4n) is 3.56. The Morgan fingerprint density at radius 2 is 1.55 bits per heavy atom. The van der Waals surface area contributed by atoms with Crippen molar-refractivity contribution in [2.45, 2.75) is 51.0 Å². The third kappa shape index (κ3) is 5.44. The topological polar surface area (TPSA) is 76.4 Å². The first-order valence-electron chi connectivity index (χ1n) is 10.7. The Balaban J connectivity index is 2.03. The highest BCUT2D eigenvalue weighted by Crippen LogP contribution is 2.25. The zero-order valence-electron chi connectivity index (χ0n) is 18.0. The maximum absolute atomic E-state index is 13.3. The molecule has 1 aromatic heterocycles. The summed E-state index contributed by atoms with van der Waals surface area (Å²) in [6.07, 6.45) is 7.16. The van der Waals surface area contributed by atoms with Crippen molar-refractivity contribution in [3.05, 3.63) is 71.1 Å². The minimum absolute atomic E-state index is 0.114. The van der Waals surface area contributed by atoms with Gasteiger partial charge in [-0.2, -0.15) is 0 Å². The van der Waals surface area contributed by atoms with Crippen LogP contribution in [-0.2, 0) is 16.4 Å². The van der Waals surface area contributed by atoms with Crippen LogP contribution >= 0.6 is 0 Å². The number of unbranched alkanes of at least 4 members (excludes halogenated alkanes) is 3. The summed E-state index contributed by atoms with van der Waals surface area (Å²) in [6.45, 7) is 4.73. The number of pyridine rings is 1. The average Bonchev–Trinajstić information content (AvgIpc) is 2.78. The second kappa shape index (κ2) is 9.96. The van der Waals surface area contributed by atoms with E-state index >= 15 is 0 Å². The van der Waals surface area contributed by atoms with Gasteiger partial charge in [-0.1, -0.05) is 50.5 Å². The van der Waals surface area contributed by atoms with E-state index in [0.717, 1.165) is 19.3 Å². The van der Waals surface area contributed by atoms with Gasteiger partial charge in [0.15, 0.2) is 15.3 Å². The van der Waals surface area contributed by atoms with E-state index < -0.39 is 9.84 Å². The number of hydrogen-bond acceptors (Lipinski definition) is 4. The maximum atomic E-state index is 13.3. The lowest BCUT2D eigenvalue weighted by Crippen LogP contribution is -2.13. The number of aromatic nitrogens is 1. The molecule has 164 valence electrons. The van der Waals surface area contributed by atoms with Crippen LogP contribution in [0.25, 0.3) is 22.3 Å². The van der Waals surface area contributed by atoms with Crippen LogP contribution in [-0.4, -0.2) is 23.8 Å². The van der Waals surface area contributed by atoms with Gasteiger partial charge in [-0.3, -0.25) is 4.79 Å². The third-order valence-corrected chi connectivity index (χ3v) is 7.19. The number of sulfone groups is 1. The molecule has 31 heavy (non-hydrogen) atoms. The number of rotatable bonds is 9. The Bertz CT molecular complexity index is 1190. The van der Waals surface area contributed by atoms with E-state index in [1.165, 1.54) is 0 Å². The van der Waals surface area contributed by atoms with Gasteiger partial charge in [0.2, 0.25) is 0 Å². The van der Waals surface area contributed by atoms with Crippen LogP contribution in [0.1, 0.15) is 39.5 Å². The van der Waals surface area contributed by atoms with Crippen LogP contribution < -0.4 is 5.43 Å². The summed E-state index contributed by atoms with van der Waals surface area (Å²) in [5.41, 5.74) is 2.07. The van der Waals surface area contributed by atoms with Crippen LogP contribution in [0.4, 0.5) is 0 Å². The van der Waals surface area contributed by atoms with E-state index in [1.54, 1.807) is 60.9 Å². The van der Waals surface area contributed by atoms with Crippen molar-refractivity contribution in [3.8, 4) is 28.0 Å². The van der Waals surface area contributed by atoms with Gasteiger partial charge in [0.05, 0.1) is 10.6 Å². The molecule has 3 rings (SSSR count). The van der Waals surface area contributed by atoms with Gasteiger partial charge in [0.25, 0.3) is 0 Å². The molecule has 0 aliphatic rings. The molecule has 0 unspecified atom stereocenters. The number of phenols is 1. The molecule has 0 aliphatic carbocycles. The van der Waals surface area contributed by atoms with Crippen molar-refractivity contribution < 1.29 is 13.5 Å². The summed E-state index contributed by atoms with van der Waals surface area (Å²) in [7, 11) is -3.40. The van der Waals surface area contributed by atoms with E-state index in [9.17, 15) is 18.3 Å². The molecule has 0 saturated carbocycles. The van der Waals surface area contributed by atoms with E-state index in [0.29, 0.717) is 35.2 Å². The lowest BCUT2D eigenvalue weighted by molar-refractivity contribution is 0.475. The predicted octanol–water partition coefficient (Wildman–Crippen LogP) is 5.26. The van der Waals surface area contributed by atoms with E-state index in [4.69, 9.17) is 0 Å². The van der Waals surface area contributed by atoms with Gasteiger partial charge in [-0.15, -0.1) is 0 Å². The van der Waals surface area contributed by atoms with Crippen LogP contribution in [0.15, 0.2) is 70.6 Å². The molecule has 0 bridgehead atoms. The van der Waals surface area contributed by atoms with Crippen molar-refractivity contribution in [3.63, 3.8) is 0 Å². The molecular weight excluding hydrogens is 410 g/mol. The number of hydrogen-bond donors (Lipinski definition) is 1. The fraction of sp³-hybridized carbons (Fsp3) is 0.320. The van der Waals surface area contributed by atoms with Crippen molar-refractivity contribution in [1.29, 1.82) is 0 Å². The van der Waals surface area contributed by atoms with E-state index in [2.05, 4.69) is 6.92 Å². The van der Waals surface area contributed by atoms with Gasteiger partial charge >= 0.3 is 0 Å². The fourth-order valence-corrected chi connectivity index (χ4v) is 4.97. The molecule has 1 heterocycles. The van der Waals surface area contributed by atoms with Gasteiger partial charge < -0.3 is 9.67 Å². The smallest absolute Gasteiger partial charge is 0.197 e. The van der Waals surface area contributed by atoms with Gasteiger partial charge in [-0.05, 0) is 48.7 Å². The highest BCUT2D eigenvalue weighted by molar-refractivity contribution is 7.91. The molecule has 2 aromatic carbocycles. The Hall–Kier alpha value is -2.86. The summed E-state index contributed by atoms with van der Waals surface area (Å²) in [5.74, 6) is 0.246. The molecule has 0 amide bonds. The Morgan fingerprint density at radius 3 is 2.19 bits per heavy atom. The summed E-state index contributed by atoms with van der Waals surface area (Å²) >= 11 is 0. The number of aryl methyl sites for hydroxylation is 1. The predicted molar refractivity (Wildman–Crippen MR) is 125 cm³/mol. The molecule has 0 aliphatic heterocycles. The molecule has 3 aromatic rings. The second-order valence-electron chi connectivity index (χ2n) is 7.70. The monoisotopic (exact) mass is 439 g/mol. The first kappa shape index (κ1) is 22.8. The minimum Gasteiger partial charge on any atom is -0.508 e. The third-order valence-electron chi connectivity index (χ3n) is 5.39. The first-order valence-corrected chi connectivity index (χ1v) is 12.4. The quantitative estimate of drug-likeness (QED) is 0.461. The van der Waals surface area contributed by atoms with Crippen molar-refractivity contribution in [2.75, 3.05) is 5.75 Å². The Labute approximate surface area is 183 Å². The molecule has 1 N–H and O–H groups in total. The lowest BCUT2D eigenvalue weighted by Gasteiger charge is -2.12. The Morgan fingerprint density at radius 1 is 0.871 bits per heavy atom. The number of phenolic OH excluding ortho intramolecular Hbond substituents is 1. The zero-order chi connectivity index (χ0) is 22.4. The van der Waals surface area contributed by atoms with Crippen LogP contribution in [0.3, 0.4) is 0 Å². The number of benzene rings is 2. The largest absolute Gasteiger partial charge is 0.508 e. The van der Waals surface area contributed by atoms with Gasteiger partial charge in [0, 0.05) is 30.1 Å². The van der Waals surface area contributed by atoms with E-state index in [-0.39, 0.29) is 21.8 Å². The van der Waals surface area contributed by atoms with Crippen molar-refractivity contribution >= 4 is 9.84 Å². The molecule has 0 fully saturated rings. The number of nitrogens with zero attached hydrogens (tertiary/aromatic N) is 1. The number of aromatic hydroxyl groups is 1. The standard InChI is InChI=1S/C25H29NO4S/c1-3-5-6-7-15-31(29,30)22-10-8-9-20(16-22)24-18-26(4-2)17-23(25(24)28)19-11-13-21(27)14-12-19/h8-14,16-18,27H,3-7,15H2,1-2H3. The molecule has 0 radical (unpaired) electrons. The van der Waals surface area contributed by atoms with Gasteiger partial charge in [0.1, 0.15) is 5.75 Å². The van der Waals surface area contributed by atoms with Crippen LogP contribution in [0.2, 0.25) is 0 Å². The summed E-state index contributed by atoms with van der Waals surface area (Å²) in [4.78, 5) is 13.6. The average molecular weight is 440 g/mol. The second-order valence-corrected chi connectivity index (χ2v) is 9.81. The maximum Gasteiger partial charge on any atom is 0.197 e. The van der Waals surface area contributed by atoms with E-state index in [1.807, 2.05) is 11.5 Å². The Kier molecular flexibility index (Phi) is 7.33. The van der Waals surface area contributed by atoms with Crippen LogP contribution in [0.5, 0.6) is 5.75 Å².